The fourth-order valence-corrected chi connectivity index (χ4v) is 5.32. The smallest absolute Gasteiger partial charge is 0.347 e. The number of ether oxygens (including phenoxy) is 5. The van der Waals surface area contributed by atoms with Gasteiger partial charge < -0.3 is 23.7 Å². The Kier molecular flexibility index (Phi) is 18.7. The Morgan fingerprint density at radius 2 is 1.02 bits per heavy atom. The first-order valence-corrected chi connectivity index (χ1v) is 18.5. The maximum Gasteiger partial charge on any atom is 0.347 e. The Bertz CT molecular complexity index is 1520. The fourth-order valence-electron chi connectivity index (χ4n) is 5.09. The van der Waals surface area contributed by atoms with Crippen LogP contribution in [0.15, 0.2) is 66.7 Å². The Balaban J connectivity index is 1.39. The first-order valence-electron chi connectivity index (χ1n) is 18.2. The second-order valence-corrected chi connectivity index (χ2v) is 12.8. The van der Waals surface area contributed by atoms with E-state index in [1.807, 2.05) is 6.92 Å². The summed E-state index contributed by atoms with van der Waals surface area (Å²) in [5.41, 5.74) is 0.662. The molecule has 0 amide bonds. The van der Waals surface area contributed by atoms with Crippen LogP contribution in [0.25, 0.3) is 0 Å². The molecular formula is C41H51ClO9. The molecule has 1 atom stereocenters. The van der Waals surface area contributed by atoms with E-state index in [4.69, 9.17) is 35.3 Å². The third-order valence-electron chi connectivity index (χ3n) is 8.13. The van der Waals surface area contributed by atoms with Crippen molar-refractivity contribution in [1.29, 1.82) is 0 Å². The Hall–Kier alpha value is -4.37. The Morgan fingerprint density at radius 3 is 1.57 bits per heavy atom. The highest BCUT2D eigenvalue weighted by molar-refractivity contribution is 6.32. The van der Waals surface area contributed by atoms with Gasteiger partial charge in [0.2, 0.25) is 0 Å². The van der Waals surface area contributed by atoms with Crippen molar-refractivity contribution in [3.8, 4) is 17.2 Å². The molecule has 3 aromatic carbocycles. The molecule has 0 saturated heterocycles. The van der Waals surface area contributed by atoms with Crippen LogP contribution in [0.4, 0.5) is 0 Å². The summed E-state index contributed by atoms with van der Waals surface area (Å²) in [6, 6.07) is 16.4. The molecule has 0 bridgehead atoms. The van der Waals surface area contributed by atoms with Gasteiger partial charge in [-0.15, -0.1) is 0 Å². The van der Waals surface area contributed by atoms with Gasteiger partial charge >= 0.3 is 23.9 Å². The van der Waals surface area contributed by atoms with E-state index in [1.165, 1.54) is 113 Å². The van der Waals surface area contributed by atoms with Gasteiger partial charge in [-0.1, -0.05) is 96.1 Å². The van der Waals surface area contributed by atoms with Gasteiger partial charge in [-0.25, -0.2) is 19.2 Å². The van der Waals surface area contributed by atoms with Crippen LogP contribution in [0.5, 0.6) is 17.2 Å². The summed E-state index contributed by atoms with van der Waals surface area (Å²) in [5.74, 6) is -1.62. The van der Waals surface area contributed by atoms with Crippen LogP contribution in [0, 0.1) is 0 Å². The maximum atomic E-state index is 12.8. The minimum Gasteiger partial charge on any atom is -0.492 e. The number of unbranched alkanes of at least 4 members (excludes halogenated alkanes) is 11. The summed E-state index contributed by atoms with van der Waals surface area (Å²) in [6.07, 6.45) is 14.1. The van der Waals surface area contributed by atoms with Gasteiger partial charge in [0.05, 0.1) is 34.9 Å². The topological polar surface area (TPSA) is 114 Å². The largest absolute Gasteiger partial charge is 0.492 e. The van der Waals surface area contributed by atoms with Crippen molar-refractivity contribution < 1.29 is 42.9 Å². The minimum absolute atomic E-state index is 0.180. The summed E-state index contributed by atoms with van der Waals surface area (Å²) >= 11 is 6.39. The van der Waals surface area contributed by atoms with E-state index in [-0.39, 0.29) is 34.8 Å². The molecule has 0 aliphatic carbocycles. The monoisotopic (exact) mass is 722 g/mol. The summed E-state index contributed by atoms with van der Waals surface area (Å²) in [4.78, 5) is 49.9. The molecule has 0 aliphatic rings. The van der Waals surface area contributed by atoms with Crippen LogP contribution in [-0.2, 0) is 14.3 Å². The van der Waals surface area contributed by atoms with Crippen molar-refractivity contribution in [2.24, 2.45) is 0 Å². The maximum absolute atomic E-state index is 12.8. The zero-order chi connectivity index (χ0) is 36.8. The number of esters is 4. The van der Waals surface area contributed by atoms with Crippen molar-refractivity contribution >= 4 is 35.5 Å². The molecule has 3 aromatic rings. The van der Waals surface area contributed by atoms with Crippen LogP contribution in [0.2, 0.25) is 5.02 Å². The quantitative estimate of drug-likeness (QED) is 0.0536. The van der Waals surface area contributed by atoms with Gasteiger partial charge in [-0.05, 0) is 86.5 Å². The third kappa shape index (κ3) is 15.2. The van der Waals surface area contributed by atoms with Gasteiger partial charge in [0.15, 0.2) is 6.10 Å². The molecule has 51 heavy (non-hydrogen) atoms. The van der Waals surface area contributed by atoms with Gasteiger partial charge in [-0.3, -0.25) is 0 Å². The molecule has 0 N–H and O–H groups in total. The molecule has 10 heteroatoms. The molecular weight excluding hydrogens is 672 g/mol. The van der Waals surface area contributed by atoms with Crippen LogP contribution in [0.3, 0.4) is 0 Å². The average Bonchev–Trinajstić information content (AvgIpc) is 3.13. The average molecular weight is 723 g/mol. The number of carbonyl (C=O) groups excluding carboxylic acids is 4. The number of halogens is 1. The molecule has 276 valence electrons. The van der Waals surface area contributed by atoms with Crippen molar-refractivity contribution in [1.82, 2.24) is 0 Å². The molecule has 0 aromatic heterocycles. The minimum atomic E-state index is -1.05. The number of hydrogen-bond acceptors (Lipinski definition) is 9. The lowest BCUT2D eigenvalue weighted by atomic mass is 10.1. The lowest BCUT2D eigenvalue weighted by molar-refractivity contribution is -0.153. The molecule has 3 rings (SSSR count). The molecule has 0 heterocycles. The molecule has 0 fully saturated rings. The first kappa shape index (κ1) is 41.1. The summed E-state index contributed by atoms with van der Waals surface area (Å²) in [7, 11) is 0. The molecule has 0 radical (unpaired) electrons. The standard InChI is InChI=1S/C41H51ClO9/c1-4-6-8-9-10-11-12-13-14-16-27-47-37-26-21-33(29-36(37)42)41(46)51-35-24-19-32(20-25-35)40(45)50-34-22-17-31(18-23-34)39(44)49-30(3)38(43)48-28-15-7-5-2/h17-26,29-30H,4-16,27-28H2,1-3H3/t30-/m0/s1. The number of hydrogen-bond donors (Lipinski definition) is 0. The van der Waals surface area contributed by atoms with Gasteiger partial charge in [0.25, 0.3) is 0 Å². The van der Waals surface area contributed by atoms with Crippen LogP contribution in [-0.4, -0.2) is 43.2 Å². The highest BCUT2D eigenvalue weighted by Crippen LogP contribution is 2.27. The summed E-state index contributed by atoms with van der Waals surface area (Å²) < 4.78 is 27.0. The highest BCUT2D eigenvalue weighted by Gasteiger charge is 2.21. The number of benzene rings is 3. The van der Waals surface area contributed by atoms with Crippen molar-refractivity contribution in [2.75, 3.05) is 13.2 Å². The lowest BCUT2D eigenvalue weighted by Gasteiger charge is -2.13. The van der Waals surface area contributed by atoms with E-state index < -0.39 is 30.0 Å². The Morgan fingerprint density at radius 1 is 0.569 bits per heavy atom. The van der Waals surface area contributed by atoms with E-state index in [0.717, 1.165) is 32.1 Å². The van der Waals surface area contributed by atoms with Crippen molar-refractivity contribution in [2.45, 2.75) is 110 Å². The predicted octanol–water partition coefficient (Wildman–Crippen LogP) is 10.4. The molecule has 0 spiro atoms. The van der Waals surface area contributed by atoms with Crippen LogP contribution < -0.4 is 14.2 Å². The second kappa shape index (κ2) is 23.2. The fraction of sp³-hybridized carbons (Fsp3) is 0.463. The van der Waals surface area contributed by atoms with Crippen LogP contribution >= 0.6 is 11.6 Å². The van der Waals surface area contributed by atoms with Gasteiger partial charge in [0, 0.05) is 0 Å². The number of rotatable bonds is 23. The second-order valence-electron chi connectivity index (χ2n) is 12.4. The zero-order valence-electron chi connectivity index (χ0n) is 30.1. The van der Waals surface area contributed by atoms with E-state index in [2.05, 4.69) is 6.92 Å². The van der Waals surface area contributed by atoms with E-state index >= 15 is 0 Å². The third-order valence-corrected chi connectivity index (χ3v) is 8.43. The predicted molar refractivity (Wildman–Crippen MR) is 197 cm³/mol. The van der Waals surface area contributed by atoms with E-state index in [1.54, 1.807) is 12.1 Å². The molecule has 0 aliphatic heterocycles. The van der Waals surface area contributed by atoms with Gasteiger partial charge in [0.1, 0.15) is 17.2 Å². The zero-order valence-corrected chi connectivity index (χ0v) is 30.8. The van der Waals surface area contributed by atoms with Crippen molar-refractivity contribution in [3.63, 3.8) is 0 Å². The van der Waals surface area contributed by atoms with Crippen LogP contribution in [0.1, 0.15) is 135 Å². The Labute approximate surface area is 306 Å². The normalized spacial score (nSPS) is 11.4. The van der Waals surface area contributed by atoms with E-state index in [9.17, 15) is 19.2 Å². The summed E-state index contributed by atoms with van der Waals surface area (Å²) in [5, 5.41) is 0.326. The van der Waals surface area contributed by atoms with Gasteiger partial charge in [-0.2, -0.15) is 0 Å². The number of carbonyl (C=O) groups is 4. The van der Waals surface area contributed by atoms with E-state index in [0.29, 0.717) is 17.4 Å². The molecule has 0 unspecified atom stereocenters. The SMILES string of the molecule is CCCCCCCCCCCCOc1ccc(C(=O)Oc2ccc(C(=O)Oc3ccc(C(=O)O[C@@H](C)C(=O)OCCCCC)cc3)cc2)cc1Cl. The first-order chi connectivity index (χ1) is 24.7. The highest BCUT2D eigenvalue weighted by atomic mass is 35.5. The van der Waals surface area contributed by atoms with Crippen molar-refractivity contribution in [3.05, 3.63) is 88.4 Å². The molecule has 9 nitrogen and oxygen atoms in total. The lowest BCUT2D eigenvalue weighted by Crippen LogP contribution is -2.26. The molecule has 0 saturated carbocycles. The summed E-state index contributed by atoms with van der Waals surface area (Å²) in [6.45, 7) is 6.57.